The number of esters is 1. The highest BCUT2D eigenvalue weighted by atomic mass is 32.2. The van der Waals surface area contributed by atoms with Gasteiger partial charge >= 0.3 is 5.97 Å². The van der Waals surface area contributed by atoms with E-state index in [0.717, 1.165) is 0 Å². The first-order valence-electron chi connectivity index (χ1n) is 8.00. The highest BCUT2D eigenvalue weighted by molar-refractivity contribution is 7.89. The van der Waals surface area contributed by atoms with Gasteiger partial charge in [0, 0.05) is 5.54 Å². The van der Waals surface area contributed by atoms with Crippen molar-refractivity contribution in [3.63, 3.8) is 0 Å². The molecule has 1 heterocycles. The molecule has 4 rings (SSSR count). The summed E-state index contributed by atoms with van der Waals surface area (Å²) in [5.41, 5.74) is -2.02. The second-order valence-electron chi connectivity index (χ2n) is 7.09. The first kappa shape index (κ1) is 15.8. The molecule has 128 valence electrons. The van der Waals surface area contributed by atoms with Gasteiger partial charge in [-0.3, -0.25) is 0 Å². The van der Waals surface area contributed by atoms with Crippen molar-refractivity contribution in [2.24, 2.45) is 5.92 Å². The van der Waals surface area contributed by atoms with E-state index in [1.54, 1.807) is 25.1 Å². The van der Waals surface area contributed by atoms with Crippen LogP contribution in [0.5, 0.6) is 0 Å². The lowest BCUT2D eigenvalue weighted by molar-refractivity contribution is -0.140. The number of ether oxygens (including phenoxy) is 1. The zero-order chi connectivity index (χ0) is 17.2. The number of carbonyl (C=O) groups excluding carboxylic acids is 1. The van der Waals surface area contributed by atoms with Crippen molar-refractivity contribution >= 4 is 16.0 Å². The number of sulfonamides is 1. The van der Waals surface area contributed by atoms with E-state index in [4.69, 9.17) is 4.74 Å². The quantitative estimate of drug-likeness (QED) is 0.798. The van der Waals surface area contributed by atoms with Crippen LogP contribution in [0, 0.1) is 5.92 Å². The monoisotopic (exact) mass is 349 g/mol. The van der Waals surface area contributed by atoms with Gasteiger partial charge in [-0.2, -0.15) is 0 Å². The first-order valence-corrected chi connectivity index (χ1v) is 9.49. The second kappa shape index (κ2) is 4.91. The molecule has 24 heavy (non-hydrogen) atoms. The largest absolute Gasteiger partial charge is 0.455 e. The molecule has 1 unspecified atom stereocenters. The number of aliphatic hydroxyl groups is 1. The van der Waals surface area contributed by atoms with Crippen LogP contribution in [0.3, 0.4) is 0 Å². The lowest BCUT2D eigenvalue weighted by Crippen LogP contribution is -2.54. The van der Waals surface area contributed by atoms with Gasteiger partial charge in [0.15, 0.2) is 0 Å². The fourth-order valence-electron chi connectivity index (χ4n) is 4.31. The summed E-state index contributed by atoms with van der Waals surface area (Å²) in [4.78, 5) is 12.3. The summed E-state index contributed by atoms with van der Waals surface area (Å²) in [6.07, 6.45) is 2.76. The molecular weight excluding hydrogens is 330 g/mol. The molecule has 2 N–H and O–H groups in total. The highest BCUT2D eigenvalue weighted by Gasteiger charge is 2.64. The van der Waals surface area contributed by atoms with E-state index >= 15 is 0 Å². The van der Waals surface area contributed by atoms with Crippen molar-refractivity contribution in [3.05, 3.63) is 42.0 Å². The summed E-state index contributed by atoms with van der Waals surface area (Å²) >= 11 is 0. The van der Waals surface area contributed by atoms with Crippen LogP contribution in [0.2, 0.25) is 0 Å². The van der Waals surface area contributed by atoms with Crippen LogP contribution >= 0.6 is 0 Å². The predicted molar refractivity (Wildman–Crippen MR) is 85.4 cm³/mol. The maximum atomic E-state index is 12.6. The maximum absolute atomic E-state index is 12.6. The van der Waals surface area contributed by atoms with Crippen molar-refractivity contribution in [3.8, 4) is 0 Å². The Morgan fingerprint density at radius 3 is 2.67 bits per heavy atom. The number of hydrogen-bond donors (Lipinski definition) is 2. The molecule has 1 aliphatic heterocycles. The maximum Gasteiger partial charge on any atom is 0.337 e. The Morgan fingerprint density at radius 1 is 1.25 bits per heavy atom. The van der Waals surface area contributed by atoms with E-state index in [-0.39, 0.29) is 16.4 Å². The third kappa shape index (κ3) is 2.15. The SMILES string of the molecule is C[C@]1(NS(=O)(=O)c2ccccc2)C=C2C(=O)O[C@@H]3CCC(C1)[C@]23O. The van der Waals surface area contributed by atoms with Crippen molar-refractivity contribution in [1.82, 2.24) is 4.72 Å². The minimum absolute atomic E-state index is 0.170. The van der Waals surface area contributed by atoms with Crippen molar-refractivity contribution < 1.29 is 23.1 Å². The molecule has 0 aromatic heterocycles. The molecular formula is C17H19NO5S. The molecule has 7 heteroatoms. The molecule has 0 radical (unpaired) electrons. The normalized spacial score (nSPS) is 37.8. The van der Waals surface area contributed by atoms with Gasteiger partial charge < -0.3 is 9.84 Å². The highest BCUT2D eigenvalue weighted by Crippen LogP contribution is 2.53. The average molecular weight is 349 g/mol. The fourth-order valence-corrected chi connectivity index (χ4v) is 5.70. The zero-order valence-corrected chi connectivity index (χ0v) is 14.0. The van der Waals surface area contributed by atoms with Crippen molar-refractivity contribution in [1.29, 1.82) is 0 Å². The molecule has 0 bridgehead atoms. The molecule has 1 aromatic rings. The van der Waals surface area contributed by atoms with Crippen LogP contribution < -0.4 is 4.72 Å². The van der Waals surface area contributed by atoms with Crippen LogP contribution in [0.4, 0.5) is 0 Å². The van der Waals surface area contributed by atoms with E-state index in [0.29, 0.717) is 19.3 Å². The minimum atomic E-state index is -3.73. The van der Waals surface area contributed by atoms with E-state index in [1.165, 1.54) is 18.2 Å². The minimum Gasteiger partial charge on any atom is -0.455 e. The molecule has 2 aliphatic carbocycles. The van der Waals surface area contributed by atoms with E-state index in [1.807, 2.05) is 0 Å². The first-order chi connectivity index (χ1) is 11.2. The van der Waals surface area contributed by atoms with Crippen LogP contribution in [0.25, 0.3) is 0 Å². The van der Waals surface area contributed by atoms with Gasteiger partial charge in [-0.05, 0) is 44.2 Å². The van der Waals surface area contributed by atoms with Crippen molar-refractivity contribution in [2.45, 2.75) is 48.3 Å². The van der Waals surface area contributed by atoms with E-state index in [9.17, 15) is 18.3 Å². The summed E-state index contributed by atoms with van der Waals surface area (Å²) < 4.78 is 33.3. The Morgan fingerprint density at radius 2 is 1.96 bits per heavy atom. The molecule has 3 aliphatic rings. The van der Waals surface area contributed by atoms with Gasteiger partial charge in [0.05, 0.1) is 10.5 Å². The third-order valence-corrected chi connectivity index (χ3v) is 6.97. The van der Waals surface area contributed by atoms with Gasteiger partial charge in [-0.25, -0.2) is 17.9 Å². The molecule has 4 atom stereocenters. The molecule has 6 nitrogen and oxygen atoms in total. The Bertz CT molecular complexity index is 834. The number of carbonyl (C=O) groups is 1. The number of benzene rings is 1. The fraction of sp³-hybridized carbons (Fsp3) is 0.471. The number of nitrogens with one attached hydrogen (secondary N) is 1. The van der Waals surface area contributed by atoms with Gasteiger partial charge in [-0.1, -0.05) is 24.3 Å². The Hall–Kier alpha value is -1.70. The number of rotatable bonds is 3. The van der Waals surface area contributed by atoms with Crippen molar-refractivity contribution in [2.75, 3.05) is 0 Å². The summed E-state index contributed by atoms with van der Waals surface area (Å²) in [6, 6.07) is 8.10. The van der Waals surface area contributed by atoms with E-state index in [2.05, 4.69) is 4.72 Å². The summed E-state index contributed by atoms with van der Waals surface area (Å²) in [5, 5.41) is 10.9. The van der Waals surface area contributed by atoms with Crippen LogP contribution in [0.1, 0.15) is 26.2 Å². The lowest BCUT2D eigenvalue weighted by atomic mass is 9.71. The van der Waals surface area contributed by atoms with Crippen LogP contribution in [-0.4, -0.2) is 36.7 Å². The standard InChI is InChI=1S/C17H19NO5S/c1-16(18-24(21,22)12-5-3-2-4-6-12)9-11-7-8-14-17(11,20)13(10-16)15(19)23-14/h2-6,10-11,14,18,20H,7-9H2,1H3/t11?,14-,16-,17+/m1/s1. The lowest BCUT2D eigenvalue weighted by Gasteiger charge is -2.40. The zero-order valence-electron chi connectivity index (χ0n) is 13.2. The summed E-state index contributed by atoms with van der Waals surface area (Å²) in [7, 11) is -3.73. The average Bonchev–Trinajstić information content (AvgIpc) is 2.96. The molecule has 0 spiro atoms. The van der Waals surface area contributed by atoms with E-state index < -0.39 is 33.2 Å². The molecule has 2 fully saturated rings. The van der Waals surface area contributed by atoms with Crippen LogP contribution in [-0.2, 0) is 19.6 Å². The van der Waals surface area contributed by atoms with Crippen LogP contribution in [0.15, 0.2) is 46.9 Å². The predicted octanol–water partition coefficient (Wildman–Crippen LogP) is 1.12. The molecule has 1 saturated carbocycles. The molecule has 1 saturated heterocycles. The molecule has 1 aromatic carbocycles. The smallest absolute Gasteiger partial charge is 0.337 e. The number of hydrogen-bond acceptors (Lipinski definition) is 5. The van der Waals surface area contributed by atoms with Gasteiger partial charge in [0.2, 0.25) is 10.0 Å². The third-order valence-electron chi connectivity index (χ3n) is 5.35. The second-order valence-corrected chi connectivity index (χ2v) is 8.77. The summed E-state index contributed by atoms with van der Waals surface area (Å²) in [5.74, 6) is -0.741. The Balaban J connectivity index is 1.72. The van der Waals surface area contributed by atoms with Gasteiger partial charge in [0.1, 0.15) is 11.7 Å². The Kier molecular flexibility index (Phi) is 3.23. The Labute approximate surface area is 140 Å². The van der Waals surface area contributed by atoms with Gasteiger partial charge in [-0.15, -0.1) is 0 Å². The summed E-state index contributed by atoms with van der Waals surface area (Å²) in [6.45, 7) is 1.74. The van der Waals surface area contributed by atoms with Gasteiger partial charge in [0.25, 0.3) is 0 Å². The molecule has 0 amide bonds. The topological polar surface area (TPSA) is 92.7 Å².